The number of aliphatic hydroxyl groups excluding tert-OH is 1. The summed E-state index contributed by atoms with van der Waals surface area (Å²) in [6.45, 7) is 19.4. The quantitative estimate of drug-likeness (QED) is 0.221. The summed E-state index contributed by atoms with van der Waals surface area (Å²) in [5.74, 6) is -1.31. The molecule has 0 unspecified atom stereocenters. The number of allylic oxidation sites excluding steroid dienone is 2. The number of rotatable bonds is 8. The van der Waals surface area contributed by atoms with Crippen molar-refractivity contribution in [1.29, 1.82) is 0 Å². The number of fused-ring (bicyclic) bond motifs is 3. The summed E-state index contributed by atoms with van der Waals surface area (Å²) in [4.78, 5) is 37.8. The maximum Gasteiger partial charge on any atom is 0.309 e. The van der Waals surface area contributed by atoms with E-state index in [1.54, 1.807) is 13.8 Å². The van der Waals surface area contributed by atoms with Gasteiger partial charge in [0.2, 0.25) is 0 Å². The molecule has 0 aromatic carbocycles. The van der Waals surface area contributed by atoms with Crippen LogP contribution in [0.25, 0.3) is 0 Å². The number of esters is 3. The molecule has 9 heteroatoms. The van der Waals surface area contributed by atoms with Gasteiger partial charge in [0.15, 0.2) is 0 Å². The van der Waals surface area contributed by atoms with E-state index in [9.17, 15) is 24.6 Å². The monoisotopic (exact) mass is 618 g/mol. The molecule has 248 valence electrons. The third-order valence-corrected chi connectivity index (χ3v) is 12.0. The molecular formula is C35H54O9. The first-order chi connectivity index (χ1) is 20.3. The molecule has 44 heavy (non-hydrogen) atoms. The average molecular weight is 619 g/mol. The zero-order valence-electron chi connectivity index (χ0n) is 28.1. The molecule has 1 saturated heterocycles. The molecule has 9 nitrogen and oxygen atoms in total. The van der Waals surface area contributed by atoms with Gasteiger partial charge in [0.25, 0.3) is 0 Å². The fourth-order valence-corrected chi connectivity index (χ4v) is 10.2. The van der Waals surface area contributed by atoms with E-state index in [2.05, 4.69) is 33.4 Å². The van der Waals surface area contributed by atoms with Gasteiger partial charge < -0.3 is 29.2 Å². The topological polar surface area (TPSA) is 129 Å². The second-order valence-electron chi connectivity index (χ2n) is 15.2. The van der Waals surface area contributed by atoms with Crippen LogP contribution in [0, 0.1) is 39.9 Å². The number of carbonyl (C=O) groups excluding carboxylic acids is 3. The lowest BCUT2D eigenvalue weighted by atomic mass is 9.40. The van der Waals surface area contributed by atoms with E-state index < -0.39 is 52.8 Å². The molecule has 4 rings (SSSR count). The highest BCUT2D eigenvalue weighted by atomic mass is 16.6. The minimum Gasteiger partial charge on any atom is -0.469 e. The van der Waals surface area contributed by atoms with Gasteiger partial charge in [-0.05, 0) is 82.0 Å². The number of hydrogen-bond acceptors (Lipinski definition) is 9. The highest BCUT2D eigenvalue weighted by Gasteiger charge is 2.69. The molecule has 0 spiro atoms. The Hall–Kier alpha value is -2.23. The molecule has 1 aliphatic heterocycles. The highest BCUT2D eigenvalue weighted by Crippen LogP contribution is 2.71. The maximum atomic E-state index is 12.7. The van der Waals surface area contributed by atoms with Crippen LogP contribution in [0.15, 0.2) is 23.8 Å². The SMILES string of the molecule is C=C(C)[C@@H]1C[C@@H](OC(C)=O)[C@@]2(C)C3=CC[C@@H]([C@H]4CO[C@H](C(C)(C)O)[C@H](O)C4)[C@]3(C)CC[C@@H]2[C@@]1(C)[C@H](CC(=O)OC)OC(C)=O. The summed E-state index contributed by atoms with van der Waals surface area (Å²) < 4.78 is 23.3. The molecule has 4 aliphatic rings. The molecule has 0 amide bonds. The Morgan fingerprint density at radius 1 is 1.14 bits per heavy atom. The van der Waals surface area contributed by atoms with Gasteiger partial charge >= 0.3 is 17.9 Å². The van der Waals surface area contributed by atoms with Gasteiger partial charge in [-0.15, -0.1) is 0 Å². The second-order valence-corrected chi connectivity index (χ2v) is 15.2. The number of hydrogen-bond donors (Lipinski definition) is 2. The van der Waals surface area contributed by atoms with Gasteiger partial charge in [0.1, 0.15) is 18.3 Å². The normalized spacial score (nSPS) is 41.0. The summed E-state index contributed by atoms with van der Waals surface area (Å²) >= 11 is 0. The van der Waals surface area contributed by atoms with Crippen LogP contribution in [-0.2, 0) is 33.3 Å². The number of carbonyl (C=O) groups is 3. The van der Waals surface area contributed by atoms with E-state index in [-0.39, 0.29) is 41.5 Å². The van der Waals surface area contributed by atoms with Gasteiger partial charge in [-0.2, -0.15) is 0 Å². The molecule has 3 fully saturated rings. The summed E-state index contributed by atoms with van der Waals surface area (Å²) in [7, 11) is 1.33. The molecule has 0 bridgehead atoms. The van der Waals surface area contributed by atoms with E-state index >= 15 is 0 Å². The first-order valence-corrected chi connectivity index (χ1v) is 16.1. The predicted molar refractivity (Wildman–Crippen MR) is 164 cm³/mol. The third-order valence-electron chi connectivity index (χ3n) is 12.0. The lowest BCUT2D eigenvalue weighted by Crippen LogP contribution is -2.65. The summed E-state index contributed by atoms with van der Waals surface area (Å²) in [6.07, 6.45) is 2.98. The van der Waals surface area contributed by atoms with Crippen molar-refractivity contribution < 1.29 is 43.5 Å². The number of methoxy groups -OCH3 is 1. The van der Waals surface area contributed by atoms with Gasteiger partial charge in [-0.3, -0.25) is 14.4 Å². The molecule has 2 saturated carbocycles. The lowest BCUT2D eigenvalue weighted by Gasteiger charge is -2.66. The fraction of sp³-hybridized carbons (Fsp3) is 0.800. The Kier molecular flexibility index (Phi) is 9.59. The zero-order chi connectivity index (χ0) is 33.0. The number of aliphatic hydroxyl groups is 2. The van der Waals surface area contributed by atoms with Crippen LogP contribution in [0.5, 0.6) is 0 Å². The Morgan fingerprint density at radius 2 is 1.80 bits per heavy atom. The van der Waals surface area contributed by atoms with Crippen LogP contribution in [0.2, 0.25) is 0 Å². The molecule has 11 atom stereocenters. The van der Waals surface area contributed by atoms with Crippen molar-refractivity contribution in [2.75, 3.05) is 13.7 Å². The average Bonchev–Trinajstić information content (AvgIpc) is 3.26. The first kappa shape index (κ1) is 34.6. The summed E-state index contributed by atoms with van der Waals surface area (Å²) in [5.41, 5.74) is -0.619. The Balaban J connectivity index is 1.79. The molecular weight excluding hydrogens is 564 g/mol. The second kappa shape index (κ2) is 12.2. The third kappa shape index (κ3) is 5.77. The highest BCUT2D eigenvalue weighted by molar-refractivity contribution is 5.71. The molecule has 0 aromatic heterocycles. The standard InChI is InChI=1S/C35H54O9/c1-19(2)24-16-28(43-20(3)36)35(9)26-12-11-23(22-15-25(38)31(42-18-22)32(5,6)40)33(26,7)14-13-27(35)34(24,8)29(44-21(4)37)17-30(39)41-10/h12,22-25,27-29,31,38,40H,1,11,13-18H2,2-10H3/t22-,23+,24+,25-,27-,28-,29+,31+,33+,34+,35+/m1/s1. The van der Waals surface area contributed by atoms with Crippen LogP contribution in [0.3, 0.4) is 0 Å². The Labute approximate surface area is 262 Å². The van der Waals surface area contributed by atoms with E-state index in [1.165, 1.54) is 26.5 Å². The van der Waals surface area contributed by atoms with Gasteiger partial charge in [0, 0.05) is 24.7 Å². The molecule has 0 radical (unpaired) electrons. The molecule has 1 heterocycles. The maximum absolute atomic E-state index is 12.7. The van der Waals surface area contributed by atoms with Gasteiger partial charge in [-0.25, -0.2) is 0 Å². The smallest absolute Gasteiger partial charge is 0.309 e. The minimum absolute atomic E-state index is 0.0835. The molecule has 3 aliphatic carbocycles. The van der Waals surface area contributed by atoms with Crippen molar-refractivity contribution in [1.82, 2.24) is 0 Å². The predicted octanol–water partition coefficient (Wildman–Crippen LogP) is 4.92. The van der Waals surface area contributed by atoms with Crippen molar-refractivity contribution in [3.8, 4) is 0 Å². The largest absolute Gasteiger partial charge is 0.469 e. The van der Waals surface area contributed by atoms with E-state index in [0.717, 1.165) is 24.8 Å². The molecule has 0 aromatic rings. The zero-order valence-corrected chi connectivity index (χ0v) is 28.1. The van der Waals surface area contributed by atoms with Crippen LogP contribution < -0.4 is 0 Å². The first-order valence-electron chi connectivity index (χ1n) is 16.1. The van der Waals surface area contributed by atoms with Gasteiger partial charge in [-0.1, -0.05) is 44.6 Å². The fourth-order valence-electron chi connectivity index (χ4n) is 10.2. The number of ether oxygens (including phenoxy) is 4. The van der Waals surface area contributed by atoms with Crippen LogP contribution in [0.1, 0.15) is 93.9 Å². The van der Waals surface area contributed by atoms with Gasteiger partial charge in [0.05, 0.1) is 31.8 Å². The van der Waals surface area contributed by atoms with E-state index in [4.69, 9.17) is 18.9 Å². The Bertz CT molecular complexity index is 1190. The van der Waals surface area contributed by atoms with Crippen LogP contribution in [0.4, 0.5) is 0 Å². The van der Waals surface area contributed by atoms with Crippen molar-refractivity contribution in [2.24, 2.45) is 39.9 Å². The lowest BCUT2D eigenvalue weighted by molar-refractivity contribution is -0.210. The van der Waals surface area contributed by atoms with Crippen molar-refractivity contribution in [3.63, 3.8) is 0 Å². The van der Waals surface area contributed by atoms with Crippen LogP contribution in [-0.4, -0.2) is 71.9 Å². The molecule has 2 N–H and O–H groups in total. The van der Waals surface area contributed by atoms with Crippen molar-refractivity contribution in [3.05, 3.63) is 23.8 Å². The van der Waals surface area contributed by atoms with E-state index in [0.29, 0.717) is 19.4 Å². The Morgan fingerprint density at radius 3 is 2.32 bits per heavy atom. The minimum atomic E-state index is -1.15. The summed E-state index contributed by atoms with van der Waals surface area (Å²) in [5, 5.41) is 21.6. The van der Waals surface area contributed by atoms with Crippen molar-refractivity contribution >= 4 is 17.9 Å². The van der Waals surface area contributed by atoms with Crippen LogP contribution >= 0.6 is 0 Å². The van der Waals surface area contributed by atoms with Crippen molar-refractivity contribution in [2.45, 2.75) is 124 Å². The van der Waals surface area contributed by atoms with E-state index in [1.807, 2.05) is 6.92 Å². The summed E-state index contributed by atoms with van der Waals surface area (Å²) in [6, 6.07) is 0.